The molecule has 0 radical (unpaired) electrons. The third-order valence-electron chi connectivity index (χ3n) is 2.97. The Morgan fingerprint density at radius 2 is 2.00 bits per heavy atom. The molecule has 0 unspecified atom stereocenters. The molecule has 70 valence electrons. The smallest absolute Gasteiger partial charge is 0.183 e. The van der Waals surface area contributed by atoms with Crippen molar-refractivity contribution in [2.24, 2.45) is 0 Å². The fourth-order valence-electron chi connectivity index (χ4n) is 2.03. The molecular formula is C8H15INO2+. The van der Waals surface area contributed by atoms with Crippen LogP contribution in [0.3, 0.4) is 0 Å². The number of ether oxygens (including phenoxy) is 2. The predicted molar refractivity (Wildman–Crippen MR) is 54.3 cm³/mol. The SMILES string of the molecule is IC[C@@H]1COC[N+]12CCOCC2. The first kappa shape index (κ1) is 9.18. The highest BCUT2D eigenvalue weighted by atomic mass is 127. The summed E-state index contributed by atoms with van der Waals surface area (Å²) in [6, 6.07) is 0.717. The molecule has 0 amide bonds. The van der Waals surface area contributed by atoms with Gasteiger partial charge in [-0.05, 0) is 0 Å². The zero-order valence-electron chi connectivity index (χ0n) is 7.17. The van der Waals surface area contributed by atoms with E-state index >= 15 is 0 Å². The Morgan fingerprint density at radius 1 is 1.25 bits per heavy atom. The van der Waals surface area contributed by atoms with Crippen molar-refractivity contribution < 1.29 is 14.0 Å². The molecule has 0 bridgehead atoms. The number of morpholine rings is 1. The van der Waals surface area contributed by atoms with E-state index in [2.05, 4.69) is 22.6 Å². The molecule has 12 heavy (non-hydrogen) atoms. The summed E-state index contributed by atoms with van der Waals surface area (Å²) in [5, 5.41) is 0. The molecule has 2 rings (SSSR count). The largest absolute Gasteiger partial charge is 0.370 e. The van der Waals surface area contributed by atoms with Crippen LogP contribution < -0.4 is 0 Å². The molecule has 0 saturated carbocycles. The van der Waals surface area contributed by atoms with E-state index < -0.39 is 0 Å². The Labute approximate surface area is 86.7 Å². The third-order valence-corrected chi connectivity index (χ3v) is 3.99. The average Bonchev–Trinajstić information content (AvgIpc) is 2.49. The molecule has 2 aliphatic rings. The quantitative estimate of drug-likeness (QED) is 0.399. The van der Waals surface area contributed by atoms with Crippen molar-refractivity contribution in [3.8, 4) is 0 Å². The predicted octanol–water partition coefficient (Wildman–Crippen LogP) is 0.625. The van der Waals surface area contributed by atoms with Crippen LogP contribution >= 0.6 is 22.6 Å². The monoisotopic (exact) mass is 284 g/mol. The van der Waals surface area contributed by atoms with Crippen LogP contribution in [-0.4, -0.2) is 54.6 Å². The lowest BCUT2D eigenvalue weighted by Gasteiger charge is -2.40. The Kier molecular flexibility index (Phi) is 2.89. The normalized spacial score (nSPS) is 34.2. The summed E-state index contributed by atoms with van der Waals surface area (Å²) in [5.41, 5.74) is 0. The fraction of sp³-hybridized carbons (Fsp3) is 1.00. The van der Waals surface area contributed by atoms with E-state index in [0.717, 1.165) is 50.2 Å². The summed E-state index contributed by atoms with van der Waals surface area (Å²) in [4.78, 5) is 0. The van der Waals surface area contributed by atoms with E-state index in [4.69, 9.17) is 9.47 Å². The molecule has 2 fully saturated rings. The molecule has 2 aliphatic heterocycles. The van der Waals surface area contributed by atoms with Gasteiger partial charge in [0, 0.05) is 0 Å². The molecule has 0 aliphatic carbocycles. The van der Waals surface area contributed by atoms with E-state index in [1.807, 2.05) is 0 Å². The summed E-state index contributed by atoms with van der Waals surface area (Å²) in [7, 11) is 0. The number of hydrogen-bond donors (Lipinski definition) is 0. The van der Waals surface area contributed by atoms with Crippen molar-refractivity contribution in [1.82, 2.24) is 0 Å². The Bertz CT molecular complexity index is 159. The van der Waals surface area contributed by atoms with Gasteiger partial charge in [0.15, 0.2) is 6.73 Å². The molecule has 1 atom stereocenters. The summed E-state index contributed by atoms with van der Waals surface area (Å²) in [6.07, 6.45) is 0. The first-order valence-corrected chi connectivity index (χ1v) is 5.97. The molecule has 4 heteroatoms. The number of halogens is 1. The molecule has 1 spiro atoms. The molecule has 0 aromatic rings. The van der Waals surface area contributed by atoms with Gasteiger partial charge < -0.3 is 9.47 Å². The van der Waals surface area contributed by atoms with Crippen molar-refractivity contribution in [2.75, 3.05) is 44.1 Å². The molecule has 0 aromatic heterocycles. The first-order valence-electron chi connectivity index (χ1n) is 4.45. The van der Waals surface area contributed by atoms with Crippen LogP contribution in [0.25, 0.3) is 0 Å². The summed E-state index contributed by atoms with van der Waals surface area (Å²) < 4.78 is 13.3. The molecule has 0 aromatic carbocycles. The Balaban J connectivity index is 2.05. The van der Waals surface area contributed by atoms with Gasteiger partial charge in [-0.1, -0.05) is 22.6 Å². The highest BCUT2D eigenvalue weighted by Crippen LogP contribution is 2.24. The van der Waals surface area contributed by atoms with Crippen molar-refractivity contribution in [2.45, 2.75) is 6.04 Å². The summed E-state index contributed by atoms with van der Waals surface area (Å²) in [6.45, 7) is 5.98. The highest BCUT2D eigenvalue weighted by molar-refractivity contribution is 14.1. The summed E-state index contributed by atoms with van der Waals surface area (Å²) >= 11 is 2.47. The van der Waals surface area contributed by atoms with Gasteiger partial charge in [0.05, 0.1) is 17.6 Å². The van der Waals surface area contributed by atoms with Crippen molar-refractivity contribution in [3.63, 3.8) is 0 Å². The minimum Gasteiger partial charge on any atom is -0.370 e. The second-order valence-corrected chi connectivity index (χ2v) is 4.47. The topological polar surface area (TPSA) is 18.5 Å². The van der Waals surface area contributed by atoms with Gasteiger partial charge in [0.1, 0.15) is 25.7 Å². The Hall–Kier alpha value is 0.610. The summed E-state index contributed by atoms with van der Waals surface area (Å²) in [5.74, 6) is 0. The van der Waals surface area contributed by atoms with Crippen LogP contribution in [0.1, 0.15) is 0 Å². The fourth-order valence-corrected chi connectivity index (χ4v) is 3.12. The van der Waals surface area contributed by atoms with Crippen LogP contribution in [0.5, 0.6) is 0 Å². The second-order valence-electron chi connectivity index (χ2n) is 3.59. The molecular weight excluding hydrogens is 269 g/mol. The van der Waals surface area contributed by atoms with Gasteiger partial charge in [-0.2, -0.15) is 0 Å². The number of alkyl halides is 1. The van der Waals surface area contributed by atoms with E-state index in [0.29, 0.717) is 0 Å². The highest BCUT2D eigenvalue weighted by Gasteiger charge is 2.43. The van der Waals surface area contributed by atoms with E-state index in [1.165, 1.54) is 4.43 Å². The first-order chi connectivity index (χ1) is 5.87. The van der Waals surface area contributed by atoms with Gasteiger partial charge in [-0.3, -0.25) is 4.48 Å². The zero-order chi connectivity index (χ0) is 8.44. The van der Waals surface area contributed by atoms with E-state index in [9.17, 15) is 0 Å². The minimum atomic E-state index is 0.717. The molecule has 2 saturated heterocycles. The number of nitrogens with zero attached hydrogens (tertiary/aromatic N) is 1. The van der Waals surface area contributed by atoms with Crippen molar-refractivity contribution >= 4 is 22.6 Å². The zero-order valence-corrected chi connectivity index (χ0v) is 9.33. The number of quaternary nitrogens is 1. The van der Waals surface area contributed by atoms with Crippen molar-refractivity contribution in [3.05, 3.63) is 0 Å². The number of hydrogen-bond acceptors (Lipinski definition) is 2. The van der Waals surface area contributed by atoms with Gasteiger partial charge in [-0.25, -0.2) is 0 Å². The molecule has 2 heterocycles. The average molecular weight is 284 g/mol. The minimum absolute atomic E-state index is 0.717. The van der Waals surface area contributed by atoms with Gasteiger partial charge in [0.2, 0.25) is 0 Å². The lowest BCUT2D eigenvalue weighted by atomic mass is 10.2. The van der Waals surface area contributed by atoms with Crippen molar-refractivity contribution in [1.29, 1.82) is 0 Å². The van der Waals surface area contributed by atoms with E-state index in [-0.39, 0.29) is 0 Å². The van der Waals surface area contributed by atoms with E-state index in [1.54, 1.807) is 0 Å². The van der Waals surface area contributed by atoms with Crippen LogP contribution in [-0.2, 0) is 9.47 Å². The van der Waals surface area contributed by atoms with Crippen LogP contribution in [0.4, 0.5) is 0 Å². The van der Waals surface area contributed by atoms with Gasteiger partial charge >= 0.3 is 0 Å². The third kappa shape index (κ3) is 1.49. The maximum absolute atomic E-state index is 5.55. The molecule has 0 N–H and O–H groups in total. The van der Waals surface area contributed by atoms with Crippen LogP contribution in [0, 0.1) is 0 Å². The Morgan fingerprint density at radius 3 is 2.67 bits per heavy atom. The van der Waals surface area contributed by atoms with Gasteiger partial charge in [-0.15, -0.1) is 0 Å². The standard InChI is InChI=1S/C8H15INO2/c9-5-8-6-12-7-10(8)1-3-11-4-2-10/h8H,1-7H2/q+1/t8-/m1/s1. The lowest BCUT2D eigenvalue weighted by molar-refractivity contribution is -0.950. The maximum Gasteiger partial charge on any atom is 0.183 e. The lowest BCUT2D eigenvalue weighted by Crippen LogP contribution is -2.58. The van der Waals surface area contributed by atoms with Crippen LogP contribution in [0.2, 0.25) is 0 Å². The number of rotatable bonds is 1. The second kappa shape index (κ2) is 3.77. The maximum atomic E-state index is 5.55. The molecule has 3 nitrogen and oxygen atoms in total. The van der Waals surface area contributed by atoms with Gasteiger partial charge in [0.25, 0.3) is 0 Å². The van der Waals surface area contributed by atoms with Crippen LogP contribution in [0.15, 0.2) is 0 Å².